The quantitative estimate of drug-likeness (QED) is 0.809. The SMILES string of the molecule is C[C@H](CCO)NC1CCN(CCc2ccc(F)cc2)CC1. The maximum absolute atomic E-state index is 12.9. The van der Waals surface area contributed by atoms with E-state index in [0.717, 1.165) is 32.5 Å². The van der Waals surface area contributed by atoms with Crippen molar-refractivity contribution < 1.29 is 9.50 Å². The zero-order chi connectivity index (χ0) is 15.1. The number of aliphatic hydroxyl groups is 1. The van der Waals surface area contributed by atoms with Crippen LogP contribution in [-0.2, 0) is 6.42 Å². The van der Waals surface area contributed by atoms with Gasteiger partial charge in [0.1, 0.15) is 5.82 Å². The molecule has 0 aliphatic carbocycles. The Morgan fingerprint density at radius 1 is 1.29 bits per heavy atom. The molecule has 1 atom stereocenters. The molecule has 1 aliphatic heterocycles. The van der Waals surface area contributed by atoms with E-state index in [0.29, 0.717) is 12.1 Å². The molecule has 1 fully saturated rings. The van der Waals surface area contributed by atoms with Crippen molar-refractivity contribution in [2.24, 2.45) is 0 Å². The third-order valence-corrected chi connectivity index (χ3v) is 4.30. The first-order chi connectivity index (χ1) is 10.2. The van der Waals surface area contributed by atoms with Gasteiger partial charge in [0.05, 0.1) is 0 Å². The Morgan fingerprint density at radius 2 is 1.95 bits per heavy atom. The molecule has 2 N–H and O–H groups in total. The third-order valence-electron chi connectivity index (χ3n) is 4.30. The smallest absolute Gasteiger partial charge is 0.123 e. The lowest BCUT2D eigenvalue weighted by Crippen LogP contribution is -2.46. The summed E-state index contributed by atoms with van der Waals surface area (Å²) in [4.78, 5) is 2.48. The molecule has 1 aliphatic rings. The van der Waals surface area contributed by atoms with Crippen LogP contribution in [0.5, 0.6) is 0 Å². The fraction of sp³-hybridized carbons (Fsp3) is 0.647. The fourth-order valence-corrected chi connectivity index (χ4v) is 2.94. The number of halogens is 1. The van der Waals surface area contributed by atoms with Crippen molar-refractivity contribution in [3.8, 4) is 0 Å². The number of likely N-dealkylation sites (tertiary alicyclic amines) is 1. The largest absolute Gasteiger partial charge is 0.396 e. The van der Waals surface area contributed by atoms with E-state index >= 15 is 0 Å². The topological polar surface area (TPSA) is 35.5 Å². The highest BCUT2D eigenvalue weighted by Crippen LogP contribution is 2.13. The maximum atomic E-state index is 12.9. The van der Waals surface area contributed by atoms with E-state index in [1.54, 1.807) is 0 Å². The van der Waals surface area contributed by atoms with E-state index in [4.69, 9.17) is 5.11 Å². The summed E-state index contributed by atoms with van der Waals surface area (Å²) in [5.41, 5.74) is 1.20. The number of hydrogen-bond acceptors (Lipinski definition) is 3. The van der Waals surface area contributed by atoms with E-state index in [9.17, 15) is 4.39 Å². The lowest BCUT2D eigenvalue weighted by molar-refractivity contribution is 0.187. The number of aliphatic hydroxyl groups excluding tert-OH is 1. The number of piperidine rings is 1. The summed E-state index contributed by atoms with van der Waals surface area (Å²) in [7, 11) is 0. The highest BCUT2D eigenvalue weighted by Gasteiger charge is 2.19. The minimum absolute atomic E-state index is 0.164. The molecule has 1 aromatic carbocycles. The Morgan fingerprint density at radius 3 is 2.57 bits per heavy atom. The number of nitrogens with one attached hydrogen (secondary N) is 1. The van der Waals surface area contributed by atoms with E-state index in [1.165, 1.54) is 30.5 Å². The highest BCUT2D eigenvalue weighted by molar-refractivity contribution is 5.16. The van der Waals surface area contributed by atoms with Crippen LogP contribution in [0.25, 0.3) is 0 Å². The van der Waals surface area contributed by atoms with Gasteiger partial charge in [-0.25, -0.2) is 4.39 Å². The maximum Gasteiger partial charge on any atom is 0.123 e. The van der Waals surface area contributed by atoms with Crippen molar-refractivity contribution in [3.05, 3.63) is 35.6 Å². The van der Waals surface area contributed by atoms with E-state index in [-0.39, 0.29) is 12.4 Å². The van der Waals surface area contributed by atoms with Gasteiger partial charge in [0.25, 0.3) is 0 Å². The average Bonchev–Trinajstić information content (AvgIpc) is 2.48. The molecule has 21 heavy (non-hydrogen) atoms. The first-order valence-corrected chi connectivity index (χ1v) is 8.01. The van der Waals surface area contributed by atoms with Crippen LogP contribution in [0.4, 0.5) is 4.39 Å². The van der Waals surface area contributed by atoms with Gasteiger partial charge in [-0.3, -0.25) is 0 Å². The van der Waals surface area contributed by atoms with Gasteiger partial charge >= 0.3 is 0 Å². The van der Waals surface area contributed by atoms with Crippen LogP contribution in [-0.4, -0.2) is 48.3 Å². The summed E-state index contributed by atoms with van der Waals surface area (Å²) in [6, 6.07) is 7.79. The van der Waals surface area contributed by atoms with Gasteiger partial charge < -0.3 is 15.3 Å². The van der Waals surface area contributed by atoms with Gasteiger partial charge in [-0.05, 0) is 63.4 Å². The van der Waals surface area contributed by atoms with Gasteiger partial charge in [-0.15, -0.1) is 0 Å². The summed E-state index contributed by atoms with van der Waals surface area (Å²) in [6.07, 6.45) is 4.14. The Labute approximate surface area is 127 Å². The predicted octanol–water partition coefficient (Wildman–Crippen LogP) is 2.19. The van der Waals surface area contributed by atoms with Crippen LogP contribution in [0.2, 0.25) is 0 Å². The lowest BCUT2D eigenvalue weighted by Gasteiger charge is -2.34. The highest BCUT2D eigenvalue weighted by atomic mass is 19.1. The van der Waals surface area contributed by atoms with Crippen LogP contribution < -0.4 is 5.32 Å². The number of benzene rings is 1. The first-order valence-electron chi connectivity index (χ1n) is 8.01. The third kappa shape index (κ3) is 5.73. The van der Waals surface area contributed by atoms with Crippen LogP contribution in [0.3, 0.4) is 0 Å². The van der Waals surface area contributed by atoms with E-state index < -0.39 is 0 Å². The molecule has 1 aromatic rings. The number of nitrogens with zero attached hydrogens (tertiary/aromatic N) is 1. The van der Waals surface area contributed by atoms with Gasteiger partial charge in [0.15, 0.2) is 0 Å². The standard InChI is InChI=1S/C17H27FN2O/c1-14(9-13-21)19-17-7-11-20(12-8-17)10-6-15-2-4-16(18)5-3-15/h2-5,14,17,19,21H,6-13H2,1H3/t14-/m1/s1. The molecule has 118 valence electrons. The zero-order valence-corrected chi connectivity index (χ0v) is 12.9. The molecule has 1 saturated heterocycles. The van der Waals surface area contributed by atoms with Crippen LogP contribution in [0.1, 0.15) is 31.7 Å². The Bertz CT molecular complexity index is 402. The zero-order valence-electron chi connectivity index (χ0n) is 12.9. The van der Waals surface area contributed by atoms with Gasteiger partial charge in [0.2, 0.25) is 0 Å². The first kappa shape index (κ1) is 16.4. The van der Waals surface area contributed by atoms with Crippen molar-refractivity contribution in [2.75, 3.05) is 26.2 Å². The molecule has 0 bridgehead atoms. The molecule has 0 radical (unpaired) electrons. The summed E-state index contributed by atoms with van der Waals surface area (Å²) in [5.74, 6) is -0.164. The van der Waals surface area contributed by atoms with Gasteiger partial charge in [-0.2, -0.15) is 0 Å². The van der Waals surface area contributed by atoms with Crippen molar-refractivity contribution >= 4 is 0 Å². The molecule has 2 rings (SSSR count). The van der Waals surface area contributed by atoms with Crippen molar-refractivity contribution in [3.63, 3.8) is 0 Å². The Kier molecular flexibility index (Phi) is 6.61. The van der Waals surface area contributed by atoms with E-state index in [1.807, 2.05) is 12.1 Å². The van der Waals surface area contributed by atoms with Crippen molar-refractivity contribution in [2.45, 2.75) is 44.7 Å². The molecular weight excluding hydrogens is 267 g/mol. The van der Waals surface area contributed by atoms with Crippen LogP contribution in [0.15, 0.2) is 24.3 Å². The van der Waals surface area contributed by atoms with Gasteiger partial charge in [-0.1, -0.05) is 12.1 Å². The fourth-order valence-electron chi connectivity index (χ4n) is 2.94. The molecule has 3 nitrogen and oxygen atoms in total. The summed E-state index contributed by atoms with van der Waals surface area (Å²) < 4.78 is 12.9. The second-order valence-corrected chi connectivity index (χ2v) is 6.07. The summed E-state index contributed by atoms with van der Waals surface area (Å²) in [6.45, 7) is 5.67. The van der Waals surface area contributed by atoms with Crippen LogP contribution in [0, 0.1) is 5.82 Å². The minimum atomic E-state index is -0.164. The molecule has 1 heterocycles. The van der Waals surface area contributed by atoms with Gasteiger partial charge in [0, 0.05) is 25.2 Å². The molecule has 0 unspecified atom stereocenters. The molecule has 4 heteroatoms. The molecule has 0 spiro atoms. The Balaban J connectivity index is 1.66. The van der Waals surface area contributed by atoms with E-state index in [2.05, 4.69) is 17.1 Å². The minimum Gasteiger partial charge on any atom is -0.396 e. The second kappa shape index (κ2) is 8.47. The normalized spacial score (nSPS) is 18.8. The Hall–Kier alpha value is -0.970. The number of hydrogen-bond donors (Lipinski definition) is 2. The lowest BCUT2D eigenvalue weighted by atomic mass is 10.0. The van der Waals surface area contributed by atoms with Crippen molar-refractivity contribution in [1.82, 2.24) is 10.2 Å². The van der Waals surface area contributed by atoms with Crippen LogP contribution >= 0.6 is 0 Å². The average molecular weight is 294 g/mol. The molecule has 0 saturated carbocycles. The predicted molar refractivity (Wildman–Crippen MR) is 83.9 cm³/mol. The number of rotatable bonds is 7. The molecular formula is C17H27FN2O. The summed E-state index contributed by atoms with van der Waals surface area (Å²) in [5, 5.41) is 12.5. The second-order valence-electron chi connectivity index (χ2n) is 6.07. The monoisotopic (exact) mass is 294 g/mol. The molecule has 0 aromatic heterocycles. The summed E-state index contributed by atoms with van der Waals surface area (Å²) >= 11 is 0. The van der Waals surface area contributed by atoms with Crippen molar-refractivity contribution in [1.29, 1.82) is 0 Å². The molecule has 0 amide bonds.